The van der Waals surface area contributed by atoms with E-state index in [2.05, 4.69) is 133 Å². The second-order valence-corrected chi connectivity index (χ2v) is 11.9. The lowest BCUT2D eigenvalue weighted by molar-refractivity contribution is 0.481. The molecule has 0 heterocycles. The number of aromatic hydroxyl groups is 1. The van der Waals surface area contributed by atoms with Gasteiger partial charge in [-0.15, -0.1) is 0 Å². The number of hydrogen-bond donors (Lipinski definition) is 1. The summed E-state index contributed by atoms with van der Waals surface area (Å²) in [5.74, 6) is 0.315. The normalized spacial score (nSPS) is 12.1. The molecule has 0 unspecified atom stereocenters. The SMILES string of the molecule is Oc1ccc(-c2cc(-c3ccc4ccccc4c3)cc3c2Cc2ccc(-c4ccc5ccccc5c4)cc2-3)c2ccccc12. The Morgan fingerprint density at radius 2 is 0.886 bits per heavy atom. The van der Waals surface area contributed by atoms with E-state index in [1.54, 1.807) is 0 Å². The monoisotopic (exact) mass is 560 g/mol. The third kappa shape index (κ3) is 3.94. The Morgan fingerprint density at radius 1 is 0.364 bits per heavy atom. The van der Waals surface area contributed by atoms with Crippen LogP contribution in [0.25, 0.3) is 76.8 Å². The van der Waals surface area contributed by atoms with Crippen molar-refractivity contribution in [2.75, 3.05) is 0 Å². The second kappa shape index (κ2) is 9.69. The molecule has 1 aliphatic rings. The number of phenolic OH excluding ortho intramolecular Hbond substituents is 1. The van der Waals surface area contributed by atoms with Crippen molar-refractivity contribution >= 4 is 32.3 Å². The summed E-state index contributed by atoms with van der Waals surface area (Å²) >= 11 is 0. The highest BCUT2D eigenvalue weighted by atomic mass is 16.3. The number of rotatable bonds is 3. The standard InChI is InChI=1S/C43H28O/c44-43-20-19-37(36-11-5-6-12-38(36)43)40-25-35(32-16-14-28-8-2-4-10-30(28)22-32)26-41-39-23-33(17-18-34(39)24-42(40)41)31-15-13-27-7-1-3-9-29(27)21-31/h1-23,25-26,44H,24H2. The van der Waals surface area contributed by atoms with Crippen LogP contribution in [-0.2, 0) is 6.42 Å². The summed E-state index contributed by atoms with van der Waals surface area (Å²) < 4.78 is 0. The molecule has 0 saturated heterocycles. The van der Waals surface area contributed by atoms with Gasteiger partial charge in [0.25, 0.3) is 0 Å². The predicted octanol–water partition coefficient (Wildman–Crippen LogP) is 11.4. The van der Waals surface area contributed by atoms with Crippen molar-refractivity contribution < 1.29 is 5.11 Å². The summed E-state index contributed by atoms with van der Waals surface area (Å²) in [4.78, 5) is 0. The number of fused-ring (bicyclic) bond motifs is 6. The molecule has 0 amide bonds. The van der Waals surface area contributed by atoms with Crippen molar-refractivity contribution in [3.8, 4) is 50.3 Å². The summed E-state index contributed by atoms with van der Waals surface area (Å²) in [5.41, 5.74) is 12.5. The smallest absolute Gasteiger partial charge is 0.123 e. The largest absolute Gasteiger partial charge is 0.507 e. The van der Waals surface area contributed by atoms with Gasteiger partial charge in [-0.2, -0.15) is 0 Å². The summed E-state index contributed by atoms with van der Waals surface area (Å²) in [6.07, 6.45) is 0.880. The average Bonchev–Trinajstić information content (AvgIpc) is 3.46. The molecule has 44 heavy (non-hydrogen) atoms. The van der Waals surface area contributed by atoms with Gasteiger partial charge in [0.05, 0.1) is 0 Å². The highest BCUT2D eigenvalue weighted by Crippen LogP contribution is 2.47. The summed E-state index contributed by atoms with van der Waals surface area (Å²) in [6, 6.07) is 54.4. The molecule has 0 aromatic heterocycles. The van der Waals surface area contributed by atoms with E-state index in [9.17, 15) is 5.11 Å². The predicted molar refractivity (Wildman–Crippen MR) is 185 cm³/mol. The van der Waals surface area contributed by atoms with Gasteiger partial charge in [0.1, 0.15) is 5.75 Å². The number of phenols is 1. The highest BCUT2D eigenvalue weighted by molar-refractivity contribution is 6.03. The fourth-order valence-corrected chi connectivity index (χ4v) is 7.12. The molecule has 1 heteroatoms. The van der Waals surface area contributed by atoms with Crippen molar-refractivity contribution in [1.29, 1.82) is 0 Å². The molecule has 0 bridgehead atoms. The minimum atomic E-state index is 0.315. The van der Waals surface area contributed by atoms with Gasteiger partial charge >= 0.3 is 0 Å². The molecule has 0 fully saturated rings. The molecule has 206 valence electrons. The van der Waals surface area contributed by atoms with Gasteiger partial charge in [-0.1, -0.05) is 115 Å². The Hall–Kier alpha value is -5.66. The maximum Gasteiger partial charge on any atom is 0.123 e. The molecule has 0 atom stereocenters. The van der Waals surface area contributed by atoms with Crippen molar-refractivity contribution in [2.45, 2.75) is 6.42 Å². The zero-order valence-corrected chi connectivity index (χ0v) is 24.1. The first-order valence-corrected chi connectivity index (χ1v) is 15.2. The summed E-state index contributed by atoms with van der Waals surface area (Å²) in [7, 11) is 0. The van der Waals surface area contributed by atoms with Crippen LogP contribution in [0.3, 0.4) is 0 Å². The van der Waals surface area contributed by atoms with Gasteiger partial charge in [-0.25, -0.2) is 0 Å². The van der Waals surface area contributed by atoms with Crippen molar-refractivity contribution in [3.05, 3.63) is 163 Å². The van der Waals surface area contributed by atoms with Crippen LogP contribution in [-0.4, -0.2) is 5.11 Å². The van der Waals surface area contributed by atoms with Crippen molar-refractivity contribution in [2.24, 2.45) is 0 Å². The second-order valence-electron chi connectivity index (χ2n) is 11.9. The zero-order chi connectivity index (χ0) is 29.2. The van der Waals surface area contributed by atoms with Crippen LogP contribution in [0, 0.1) is 0 Å². The lowest BCUT2D eigenvalue weighted by Crippen LogP contribution is -1.92. The molecule has 1 N–H and O–H groups in total. The Morgan fingerprint density at radius 3 is 1.59 bits per heavy atom. The van der Waals surface area contributed by atoms with E-state index >= 15 is 0 Å². The van der Waals surface area contributed by atoms with Crippen molar-refractivity contribution in [1.82, 2.24) is 0 Å². The molecule has 9 rings (SSSR count). The molecule has 1 aliphatic carbocycles. The lowest BCUT2D eigenvalue weighted by Gasteiger charge is -2.16. The molecule has 8 aromatic carbocycles. The first-order valence-electron chi connectivity index (χ1n) is 15.2. The van der Waals surface area contributed by atoms with Gasteiger partial charge < -0.3 is 5.11 Å². The maximum atomic E-state index is 10.7. The van der Waals surface area contributed by atoms with Gasteiger partial charge in [0, 0.05) is 5.39 Å². The average molecular weight is 561 g/mol. The fourth-order valence-electron chi connectivity index (χ4n) is 7.12. The van der Waals surface area contributed by atoms with E-state index < -0.39 is 0 Å². The molecule has 0 spiro atoms. The van der Waals surface area contributed by atoms with Gasteiger partial charge in [-0.3, -0.25) is 0 Å². The summed E-state index contributed by atoms with van der Waals surface area (Å²) in [6.45, 7) is 0. The third-order valence-electron chi connectivity index (χ3n) is 9.37. The minimum absolute atomic E-state index is 0.315. The number of benzene rings is 8. The Bertz CT molecular complexity index is 2430. The first kappa shape index (κ1) is 24.9. The molecular formula is C43H28O. The van der Waals surface area contributed by atoms with Crippen LogP contribution in [0.1, 0.15) is 11.1 Å². The quantitative estimate of drug-likeness (QED) is 0.228. The van der Waals surface area contributed by atoms with Gasteiger partial charge in [-0.05, 0) is 125 Å². The van der Waals surface area contributed by atoms with Crippen LogP contribution >= 0.6 is 0 Å². The third-order valence-corrected chi connectivity index (χ3v) is 9.37. The van der Waals surface area contributed by atoms with E-state index in [1.807, 2.05) is 18.2 Å². The van der Waals surface area contributed by atoms with E-state index in [-0.39, 0.29) is 0 Å². The minimum Gasteiger partial charge on any atom is -0.507 e. The molecule has 0 aliphatic heterocycles. The first-order chi connectivity index (χ1) is 21.7. The molecule has 0 radical (unpaired) electrons. The van der Waals surface area contributed by atoms with E-state index in [4.69, 9.17) is 0 Å². The van der Waals surface area contributed by atoms with Crippen LogP contribution in [0.15, 0.2) is 152 Å². The van der Waals surface area contributed by atoms with Gasteiger partial charge in [0.2, 0.25) is 0 Å². The van der Waals surface area contributed by atoms with Crippen LogP contribution < -0.4 is 0 Å². The highest BCUT2D eigenvalue weighted by Gasteiger charge is 2.25. The van der Waals surface area contributed by atoms with E-state index in [1.165, 1.54) is 71.6 Å². The zero-order valence-electron chi connectivity index (χ0n) is 24.1. The molecule has 0 saturated carbocycles. The summed E-state index contributed by atoms with van der Waals surface area (Å²) in [5, 5.41) is 17.7. The molecule has 1 nitrogen and oxygen atoms in total. The maximum absolute atomic E-state index is 10.7. The van der Waals surface area contributed by atoms with E-state index in [0.717, 1.165) is 22.8 Å². The van der Waals surface area contributed by atoms with E-state index in [0.29, 0.717) is 5.75 Å². The van der Waals surface area contributed by atoms with Crippen LogP contribution in [0.5, 0.6) is 5.75 Å². The lowest BCUT2D eigenvalue weighted by atomic mass is 9.88. The van der Waals surface area contributed by atoms with Crippen LogP contribution in [0.4, 0.5) is 0 Å². The molecule has 8 aromatic rings. The molecular weight excluding hydrogens is 532 g/mol. The Kier molecular flexibility index (Phi) is 5.48. The fraction of sp³-hybridized carbons (Fsp3) is 0.0233. The Labute approximate surface area is 256 Å². The topological polar surface area (TPSA) is 20.2 Å². The van der Waals surface area contributed by atoms with Crippen LogP contribution in [0.2, 0.25) is 0 Å². The van der Waals surface area contributed by atoms with Crippen molar-refractivity contribution in [3.63, 3.8) is 0 Å². The van der Waals surface area contributed by atoms with Gasteiger partial charge in [0.15, 0.2) is 0 Å². The Balaban J connectivity index is 1.28. The number of hydrogen-bond acceptors (Lipinski definition) is 1.